The van der Waals surface area contributed by atoms with Gasteiger partial charge in [0.05, 0.1) is 18.2 Å². The summed E-state index contributed by atoms with van der Waals surface area (Å²) < 4.78 is 10.4. The molecule has 0 saturated heterocycles. The lowest BCUT2D eigenvalue weighted by molar-refractivity contribution is 0.0307. The van der Waals surface area contributed by atoms with Gasteiger partial charge in [0.2, 0.25) is 0 Å². The Balaban J connectivity index is 2.26. The van der Waals surface area contributed by atoms with E-state index in [4.69, 9.17) is 9.47 Å². The van der Waals surface area contributed by atoms with Crippen LogP contribution in [0.1, 0.15) is 55.3 Å². The number of hydrazine groups is 1. The summed E-state index contributed by atoms with van der Waals surface area (Å²) in [5.74, 6) is -0.214. The van der Waals surface area contributed by atoms with Gasteiger partial charge in [-0.3, -0.25) is 4.79 Å². The molecule has 1 heterocycles. The first-order valence-corrected chi connectivity index (χ1v) is 9.37. The number of nitrogens with zero attached hydrogens (tertiary/aromatic N) is 1. The molecule has 142 valence electrons. The Hall–Kier alpha value is -2.35. The molecule has 7 nitrogen and oxygen atoms in total. The van der Waals surface area contributed by atoms with E-state index in [1.807, 2.05) is 17.5 Å². The van der Waals surface area contributed by atoms with Gasteiger partial charge in [0, 0.05) is 16.4 Å². The van der Waals surface area contributed by atoms with Crippen molar-refractivity contribution in [3.8, 4) is 0 Å². The highest BCUT2D eigenvalue weighted by Crippen LogP contribution is 2.36. The molecule has 2 atom stereocenters. The third kappa shape index (κ3) is 4.85. The summed E-state index contributed by atoms with van der Waals surface area (Å²) in [6, 6.07) is 1.34. The van der Waals surface area contributed by atoms with Crippen LogP contribution >= 0.6 is 11.3 Å². The number of hydrogen-bond acceptors (Lipinski definition) is 6. The molecule has 1 aliphatic carbocycles. The quantitative estimate of drug-likeness (QED) is 0.476. The minimum absolute atomic E-state index is 0.214. The van der Waals surface area contributed by atoms with E-state index in [2.05, 4.69) is 5.43 Å². The molecule has 1 aliphatic rings. The largest absolute Gasteiger partial charge is 0.446 e. The minimum atomic E-state index is -0.729. The van der Waals surface area contributed by atoms with Crippen molar-refractivity contribution in [2.24, 2.45) is 0 Å². The Bertz CT molecular complexity index is 683. The molecule has 1 N–H and O–H groups in total. The second kappa shape index (κ2) is 8.84. The molecule has 0 aromatic carbocycles. The minimum Gasteiger partial charge on any atom is -0.446 e. The van der Waals surface area contributed by atoms with Crippen molar-refractivity contribution in [3.05, 3.63) is 34.0 Å². The monoisotopic (exact) mass is 380 g/mol. The molecule has 1 aromatic heterocycles. The maximum atomic E-state index is 12.6. The Morgan fingerprint density at radius 2 is 1.96 bits per heavy atom. The number of thiophene rings is 1. The number of nitrogens with one attached hydrogen (secondary N) is 1. The summed E-state index contributed by atoms with van der Waals surface area (Å²) in [5, 5.41) is 3.00. The molecular formula is C18H24N2O5S. The Morgan fingerprint density at radius 3 is 2.58 bits per heavy atom. The maximum absolute atomic E-state index is 12.6. The van der Waals surface area contributed by atoms with E-state index in [1.165, 1.54) is 16.3 Å². The molecule has 0 unspecified atom stereocenters. The van der Waals surface area contributed by atoms with Crippen LogP contribution in [0.5, 0.6) is 0 Å². The first-order valence-electron chi connectivity index (χ1n) is 8.49. The van der Waals surface area contributed by atoms with Gasteiger partial charge < -0.3 is 9.47 Å². The van der Waals surface area contributed by atoms with E-state index in [1.54, 1.807) is 33.8 Å². The summed E-state index contributed by atoms with van der Waals surface area (Å²) in [6.07, 6.45) is 3.13. The molecule has 0 saturated carbocycles. The van der Waals surface area contributed by atoms with E-state index >= 15 is 0 Å². The molecule has 26 heavy (non-hydrogen) atoms. The van der Waals surface area contributed by atoms with Gasteiger partial charge in [0.25, 0.3) is 0 Å². The number of carbonyl (C=O) groups excluding carboxylic acids is 3. The van der Waals surface area contributed by atoms with Crippen LogP contribution in [0.3, 0.4) is 0 Å². The van der Waals surface area contributed by atoms with Crippen LogP contribution in [-0.2, 0) is 9.47 Å². The van der Waals surface area contributed by atoms with Crippen molar-refractivity contribution in [2.45, 2.75) is 58.3 Å². The van der Waals surface area contributed by atoms with Gasteiger partial charge in [-0.05, 0) is 45.6 Å². The highest BCUT2D eigenvalue weighted by Gasteiger charge is 2.37. The second-order valence-corrected chi connectivity index (χ2v) is 7.43. The number of hydrogen-bond donors (Lipinski definition) is 1. The van der Waals surface area contributed by atoms with Gasteiger partial charge >= 0.3 is 12.2 Å². The van der Waals surface area contributed by atoms with Crippen LogP contribution in [0.2, 0.25) is 0 Å². The fourth-order valence-corrected chi connectivity index (χ4v) is 3.73. The summed E-state index contributed by atoms with van der Waals surface area (Å²) in [4.78, 5) is 36.8. The molecule has 2 rings (SSSR count). The lowest BCUT2D eigenvalue weighted by atomic mass is 9.99. The highest BCUT2D eigenvalue weighted by molar-refractivity contribution is 7.10. The third-order valence-electron chi connectivity index (χ3n) is 3.71. The van der Waals surface area contributed by atoms with Gasteiger partial charge in [0.15, 0.2) is 6.29 Å². The second-order valence-electron chi connectivity index (χ2n) is 6.48. The SMILES string of the molecule is CC(C)OC(=O)NN(C(=O)OC(C)C)[C@H]1CC=C[C@@H]1c1sccc1C=O. The summed E-state index contributed by atoms with van der Waals surface area (Å²) in [6.45, 7) is 6.91. The molecule has 0 radical (unpaired) electrons. The topological polar surface area (TPSA) is 84.9 Å². The molecule has 0 bridgehead atoms. The van der Waals surface area contributed by atoms with Crippen molar-refractivity contribution in [3.63, 3.8) is 0 Å². The molecule has 0 spiro atoms. The van der Waals surface area contributed by atoms with E-state index in [0.717, 1.165) is 11.2 Å². The van der Waals surface area contributed by atoms with E-state index < -0.39 is 18.2 Å². The smallest absolute Gasteiger partial charge is 0.429 e. The van der Waals surface area contributed by atoms with Gasteiger partial charge in [-0.25, -0.2) is 20.0 Å². The van der Waals surface area contributed by atoms with Crippen LogP contribution in [0.15, 0.2) is 23.6 Å². The van der Waals surface area contributed by atoms with Crippen LogP contribution in [-0.4, -0.2) is 41.7 Å². The van der Waals surface area contributed by atoms with Crippen molar-refractivity contribution >= 4 is 29.8 Å². The lowest BCUT2D eigenvalue weighted by Crippen LogP contribution is -2.53. The lowest BCUT2D eigenvalue weighted by Gasteiger charge is -2.32. The fourth-order valence-electron chi connectivity index (χ4n) is 2.73. The van der Waals surface area contributed by atoms with Gasteiger partial charge in [-0.1, -0.05) is 12.2 Å². The van der Waals surface area contributed by atoms with Gasteiger partial charge in [-0.2, -0.15) is 0 Å². The molecule has 1 aromatic rings. The summed E-state index contributed by atoms with van der Waals surface area (Å²) in [5.41, 5.74) is 3.08. The van der Waals surface area contributed by atoms with Crippen LogP contribution in [0, 0.1) is 0 Å². The normalized spacial score (nSPS) is 18.8. The Kier molecular flexibility index (Phi) is 6.79. The van der Waals surface area contributed by atoms with Crippen molar-refractivity contribution < 1.29 is 23.9 Å². The third-order valence-corrected chi connectivity index (χ3v) is 4.75. The van der Waals surface area contributed by atoms with Crippen LogP contribution < -0.4 is 5.43 Å². The standard InChI is InChI=1S/C18H24N2O5S/c1-11(2)24-17(22)19-20(18(23)25-12(3)4)15-7-5-6-14(15)16-13(10-21)8-9-26-16/h5-6,8-12,14-15H,7H2,1-4H3,(H,19,22)/t14-,15-/m0/s1. The molecule has 0 fully saturated rings. The van der Waals surface area contributed by atoms with Crippen molar-refractivity contribution in [1.82, 2.24) is 10.4 Å². The van der Waals surface area contributed by atoms with Crippen molar-refractivity contribution in [2.75, 3.05) is 0 Å². The van der Waals surface area contributed by atoms with Crippen molar-refractivity contribution in [1.29, 1.82) is 0 Å². The summed E-state index contributed by atoms with van der Waals surface area (Å²) >= 11 is 1.44. The Morgan fingerprint density at radius 1 is 1.27 bits per heavy atom. The molecule has 0 aliphatic heterocycles. The molecule has 2 amide bonds. The first-order chi connectivity index (χ1) is 12.3. The number of rotatable bonds is 5. The Labute approximate surface area is 156 Å². The zero-order valence-corrected chi connectivity index (χ0v) is 16.1. The first kappa shape index (κ1) is 20.0. The van der Waals surface area contributed by atoms with Crippen LogP contribution in [0.4, 0.5) is 9.59 Å². The van der Waals surface area contributed by atoms with E-state index in [-0.39, 0.29) is 18.1 Å². The van der Waals surface area contributed by atoms with E-state index in [9.17, 15) is 14.4 Å². The van der Waals surface area contributed by atoms with Gasteiger partial charge in [0.1, 0.15) is 0 Å². The zero-order valence-electron chi connectivity index (χ0n) is 15.3. The summed E-state index contributed by atoms with van der Waals surface area (Å²) in [7, 11) is 0. The zero-order chi connectivity index (χ0) is 19.3. The van der Waals surface area contributed by atoms with E-state index in [0.29, 0.717) is 12.0 Å². The predicted molar refractivity (Wildman–Crippen MR) is 98.2 cm³/mol. The fraction of sp³-hybridized carbons (Fsp3) is 0.500. The molecular weight excluding hydrogens is 356 g/mol. The highest BCUT2D eigenvalue weighted by atomic mass is 32.1. The average Bonchev–Trinajstić information content (AvgIpc) is 3.19. The maximum Gasteiger partial charge on any atom is 0.429 e. The molecule has 8 heteroatoms. The number of amides is 2. The number of aldehydes is 1. The average molecular weight is 380 g/mol. The number of carbonyl (C=O) groups is 3. The van der Waals surface area contributed by atoms with Gasteiger partial charge in [-0.15, -0.1) is 11.3 Å². The van der Waals surface area contributed by atoms with Crippen LogP contribution in [0.25, 0.3) is 0 Å². The number of ether oxygens (including phenoxy) is 2. The predicted octanol–water partition coefficient (Wildman–Crippen LogP) is 3.87.